The van der Waals surface area contributed by atoms with E-state index in [0.29, 0.717) is 22.4 Å². The molecule has 0 bridgehead atoms. The number of aliphatic hydroxyl groups excluding tert-OH is 1. The van der Waals surface area contributed by atoms with Gasteiger partial charge in [0.15, 0.2) is 6.10 Å². The van der Waals surface area contributed by atoms with Gasteiger partial charge in [0.05, 0.1) is 11.2 Å². The Morgan fingerprint density at radius 2 is 2.24 bits per heavy atom. The van der Waals surface area contributed by atoms with Crippen molar-refractivity contribution < 1.29 is 13.9 Å². The zero-order chi connectivity index (χ0) is 11.8. The molecular formula is C12H8FNO2S. The van der Waals surface area contributed by atoms with Crippen LogP contribution in [0.25, 0.3) is 11.0 Å². The molecule has 3 rings (SSSR count). The highest BCUT2D eigenvalue weighted by atomic mass is 32.1. The molecule has 3 aromatic rings. The average molecular weight is 249 g/mol. The van der Waals surface area contributed by atoms with Crippen LogP contribution in [0.15, 0.2) is 39.6 Å². The Hall–Kier alpha value is -1.72. The van der Waals surface area contributed by atoms with Gasteiger partial charge in [-0.1, -0.05) is 0 Å². The summed E-state index contributed by atoms with van der Waals surface area (Å²) in [5.74, 6) is 0.0458. The van der Waals surface area contributed by atoms with Crippen LogP contribution >= 0.6 is 11.3 Å². The maximum Gasteiger partial charge on any atom is 0.154 e. The van der Waals surface area contributed by atoms with Gasteiger partial charge in [-0.05, 0) is 24.3 Å². The zero-order valence-electron chi connectivity index (χ0n) is 8.63. The fraction of sp³-hybridized carbons (Fsp3) is 0.0833. The number of aromatic nitrogens is 1. The van der Waals surface area contributed by atoms with E-state index in [4.69, 9.17) is 4.42 Å². The first-order chi connectivity index (χ1) is 8.24. The molecule has 0 aliphatic carbocycles. The number of halogens is 1. The van der Waals surface area contributed by atoms with Gasteiger partial charge in [0.2, 0.25) is 0 Å². The monoisotopic (exact) mass is 249 g/mol. The molecule has 1 atom stereocenters. The van der Waals surface area contributed by atoms with Crippen molar-refractivity contribution in [3.63, 3.8) is 0 Å². The molecular weight excluding hydrogens is 241 g/mol. The molecule has 0 aliphatic heterocycles. The SMILES string of the molecule is OC(c1cscn1)c1cc2cc(F)ccc2o1. The van der Waals surface area contributed by atoms with Crippen LogP contribution in [-0.2, 0) is 0 Å². The molecule has 86 valence electrons. The Bertz CT molecular complexity index is 648. The Morgan fingerprint density at radius 3 is 3.00 bits per heavy atom. The number of hydrogen-bond donors (Lipinski definition) is 1. The predicted molar refractivity (Wildman–Crippen MR) is 62.3 cm³/mol. The Labute approximate surface area is 100 Å². The molecule has 0 amide bonds. The second-order valence-electron chi connectivity index (χ2n) is 3.65. The Balaban J connectivity index is 2.06. The number of furan rings is 1. The average Bonchev–Trinajstić information content (AvgIpc) is 2.96. The lowest BCUT2D eigenvalue weighted by molar-refractivity contribution is 0.188. The molecule has 2 aromatic heterocycles. The van der Waals surface area contributed by atoms with Crippen LogP contribution in [0.5, 0.6) is 0 Å². The Morgan fingerprint density at radius 1 is 1.35 bits per heavy atom. The smallest absolute Gasteiger partial charge is 0.154 e. The van der Waals surface area contributed by atoms with Gasteiger partial charge in [-0.15, -0.1) is 11.3 Å². The van der Waals surface area contributed by atoms with Crippen LogP contribution in [0.2, 0.25) is 0 Å². The van der Waals surface area contributed by atoms with Gasteiger partial charge in [0, 0.05) is 10.8 Å². The van der Waals surface area contributed by atoms with E-state index in [1.54, 1.807) is 23.0 Å². The molecule has 17 heavy (non-hydrogen) atoms. The van der Waals surface area contributed by atoms with Crippen LogP contribution in [0.1, 0.15) is 17.6 Å². The van der Waals surface area contributed by atoms with Gasteiger partial charge in [0.1, 0.15) is 17.2 Å². The summed E-state index contributed by atoms with van der Waals surface area (Å²) in [5, 5.41) is 12.4. The first kappa shape index (κ1) is 10.4. The van der Waals surface area contributed by atoms with Crippen molar-refractivity contribution in [2.24, 2.45) is 0 Å². The van der Waals surface area contributed by atoms with Crippen molar-refractivity contribution in [3.8, 4) is 0 Å². The third-order valence-electron chi connectivity index (χ3n) is 2.50. The lowest BCUT2D eigenvalue weighted by atomic mass is 10.2. The fourth-order valence-corrected chi connectivity index (χ4v) is 2.24. The number of hydrogen-bond acceptors (Lipinski definition) is 4. The van der Waals surface area contributed by atoms with Gasteiger partial charge in [0.25, 0.3) is 0 Å². The lowest BCUT2D eigenvalue weighted by Crippen LogP contribution is -1.97. The number of nitrogens with zero attached hydrogens (tertiary/aromatic N) is 1. The summed E-state index contributed by atoms with van der Waals surface area (Å²) >= 11 is 1.40. The molecule has 1 aromatic carbocycles. The first-order valence-corrected chi connectivity index (χ1v) is 5.93. The summed E-state index contributed by atoms with van der Waals surface area (Å²) < 4.78 is 18.5. The lowest BCUT2D eigenvalue weighted by Gasteiger charge is -2.02. The normalized spacial score (nSPS) is 13.1. The zero-order valence-corrected chi connectivity index (χ0v) is 9.45. The van der Waals surface area contributed by atoms with Crippen LogP contribution < -0.4 is 0 Å². The number of rotatable bonds is 2. The van der Waals surface area contributed by atoms with E-state index in [0.717, 1.165) is 0 Å². The topological polar surface area (TPSA) is 46.3 Å². The summed E-state index contributed by atoms with van der Waals surface area (Å²) in [7, 11) is 0. The van der Waals surface area contributed by atoms with E-state index in [1.165, 1.54) is 23.5 Å². The molecule has 0 aliphatic rings. The van der Waals surface area contributed by atoms with E-state index in [1.807, 2.05) is 0 Å². The Kier molecular flexibility index (Phi) is 2.42. The molecule has 3 nitrogen and oxygen atoms in total. The molecule has 2 heterocycles. The van der Waals surface area contributed by atoms with Gasteiger partial charge in [-0.2, -0.15) is 0 Å². The molecule has 5 heteroatoms. The molecule has 0 saturated carbocycles. The van der Waals surface area contributed by atoms with Crippen molar-refractivity contribution in [1.29, 1.82) is 0 Å². The number of fused-ring (bicyclic) bond motifs is 1. The summed E-state index contributed by atoms with van der Waals surface area (Å²) in [6, 6.07) is 5.87. The summed E-state index contributed by atoms with van der Waals surface area (Å²) in [5.41, 5.74) is 2.73. The number of aliphatic hydroxyl groups is 1. The van der Waals surface area contributed by atoms with Crippen LogP contribution in [0, 0.1) is 5.82 Å². The largest absolute Gasteiger partial charge is 0.458 e. The predicted octanol–water partition coefficient (Wildman–Crippen LogP) is 3.11. The maximum atomic E-state index is 13.0. The third kappa shape index (κ3) is 1.83. The second-order valence-corrected chi connectivity index (χ2v) is 4.37. The molecule has 1 unspecified atom stereocenters. The van der Waals surface area contributed by atoms with Gasteiger partial charge >= 0.3 is 0 Å². The quantitative estimate of drug-likeness (QED) is 0.759. The van der Waals surface area contributed by atoms with Crippen molar-refractivity contribution in [2.45, 2.75) is 6.10 Å². The van der Waals surface area contributed by atoms with Gasteiger partial charge in [-0.3, -0.25) is 0 Å². The van der Waals surface area contributed by atoms with Crippen molar-refractivity contribution in [3.05, 3.63) is 52.4 Å². The highest BCUT2D eigenvalue weighted by Crippen LogP contribution is 2.28. The molecule has 0 fully saturated rings. The second kappa shape index (κ2) is 3.94. The maximum absolute atomic E-state index is 13.0. The third-order valence-corrected chi connectivity index (χ3v) is 3.10. The molecule has 1 N–H and O–H groups in total. The van der Waals surface area contributed by atoms with Crippen molar-refractivity contribution in [1.82, 2.24) is 4.98 Å². The van der Waals surface area contributed by atoms with E-state index < -0.39 is 6.10 Å². The molecule has 0 saturated heterocycles. The highest BCUT2D eigenvalue weighted by molar-refractivity contribution is 7.07. The van der Waals surface area contributed by atoms with Crippen LogP contribution in [-0.4, -0.2) is 10.1 Å². The minimum absolute atomic E-state index is 0.326. The highest BCUT2D eigenvalue weighted by Gasteiger charge is 2.17. The first-order valence-electron chi connectivity index (χ1n) is 4.99. The van der Waals surface area contributed by atoms with E-state index in [-0.39, 0.29) is 5.82 Å². The van der Waals surface area contributed by atoms with Crippen LogP contribution in [0.4, 0.5) is 4.39 Å². The summed E-state index contributed by atoms with van der Waals surface area (Å²) in [6.07, 6.45) is -0.906. The minimum atomic E-state index is -0.906. The fourth-order valence-electron chi connectivity index (χ4n) is 1.67. The summed E-state index contributed by atoms with van der Waals surface area (Å²) in [6.45, 7) is 0. The van der Waals surface area contributed by atoms with Gasteiger partial charge in [-0.25, -0.2) is 9.37 Å². The number of thiazole rings is 1. The standard InChI is InChI=1S/C12H8FNO2S/c13-8-1-2-10-7(3-8)4-11(16-10)12(15)9-5-17-6-14-9/h1-6,12,15H. The van der Waals surface area contributed by atoms with E-state index in [2.05, 4.69) is 4.98 Å². The van der Waals surface area contributed by atoms with E-state index in [9.17, 15) is 9.50 Å². The van der Waals surface area contributed by atoms with Gasteiger partial charge < -0.3 is 9.52 Å². The van der Waals surface area contributed by atoms with Crippen LogP contribution in [0.3, 0.4) is 0 Å². The van der Waals surface area contributed by atoms with E-state index >= 15 is 0 Å². The molecule has 0 radical (unpaired) electrons. The van der Waals surface area contributed by atoms with Crippen molar-refractivity contribution in [2.75, 3.05) is 0 Å². The summed E-state index contributed by atoms with van der Waals surface area (Å²) in [4.78, 5) is 4.01. The minimum Gasteiger partial charge on any atom is -0.458 e. The molecule has 0 spiro atoms. The van der Waals surface area contributed by atoms with Crippen molar-refractivity contribution >= 4 is 22.3 Å². The number of benzene rings is 1.